The molecule has 0 spiro atoms. The number of halogens is 2. The lowest BCUT2D eigenvalue weighted by atomic mass is 9.75. The molecule has 3 atom stereocenters. The molecule has 0 heterocycles. The van der Waals surface area contributed by atoms with Crippen LogP contribution in [0, 0.1) is 17.8 Å². The molecule has 7 heteroatoms. The van der Waals surface area contributed by atoms with Gasteiger partial charge in [-0.1, -0.05) is 66.9 Å². The van der Waals surface area contributed by atoms with Gasteiger partial charge in [0.15, 0.2) is 6.61 Å². The Balaban J connectivity index is 1.52. The fourth-order valence-electron chi connectivity index (χ4n) is 4.19. The van der Waals surface area contributed by atoms with E-state index < -0.39 is 11.9 Å². The van der Waals surface area contributed by atoms with Gasteiger partial charge in [0.25, 0.3) is 0 Å². The van der Waals surface area contributed by atoms with E-state index in [1.54, 1.807) is 0 Å². The zero-order valence-corrected chi connectivity index (χ0v) is 21.2. The van der Waals surface area contributed by atoms with Gasteiger partial charge < -0.3 is 9.47 Å². The van der Waals surface area contributed by atoms with Crippen molar-refractivity contribution in [2.24, 2.45) is 17.8 Å². The average molecular weight is 528 g/mol. The van der Waals surface area contributed by atoms with Crippen LogP contribution in [0.2, 0.25) is 5.02 Å². The summed E-state index contributed by atoms with van der Waals surface area (Å²) in [4.78, 5) is 25.4. The number of ether oxygens (including phenoxy) is 2. The highest BCUT2D eigenvalue weighted by Crippen LogP contribution is 2.37. The maximum atomic E-state index is 12.3. The minimum atomic E-state index is -0.472. The van der Waals surface area contributed by atoms with Crippen molar-refractivity contribution in [1.29, 1.82) is 0 Å². The number of hydrogen-bond acceptors (Lipinski definition) is 5. The molecule has 0 aliphatic heterocycles. The molecule has 0 aromatic heterocycles. The fraction of sp³-hybridized carbons (Fsp3) is 0.500. The zero-order chi connectivity index (χ0) is 22.5. The summed E-state index contributed by atoms with van der Waals surface area (Å²) in [5.41, 5.74) is 0. The van der Waals surface area contributed by atoms with Gasteiger partial charge in [-0.15, -0.1) is 11.8 Å². The van der Waals surface area contributed by atoms with E-state index in [0.29, 0.717) is 22.8 Å². The summed E-state index contributed by atoms with van der Waals surface area (Å²) in [6, 6.07) is 9.53. The van der Waals surface area contributed by atoms with Crippen LogP contribution in [0.3, 0.4) is 0 Å². The van der Waals surface area contributed by atoms with E-state index >= 15 is 0 Å². The summed E-state index contributed by atoms with van der Waals surface area (Å²) in [5, 5.41) is 2.50. The quantitative estimate of drug-likeness (QED) is 0.290. The molecule has 3 rings (SSSR count). The predicted molar refractivity (Wildman–Crippen MR) is 130 cm³/mol. The molecule has 4 nitrogen and oxygen atoms in total. The summed E-state index contributed by atoms with van der Waals surface area (Å²) in [6.07, 6.45) is 3.01. The van der Waals surface area contributed by atoms with E-state index in [1.807, 2.05) is 30.3 Å². The van der Waals surface area contributed by atoms with Crippen LogP contribution in [0.5, 0.6) is 0 Å². The molecule has 1 saturated carbocycles. The number of thioether (sulfide) groups is 1. The number of fused-ring (bicyclic) bond motifs is 1. The van der Waals surface area contributed by atoms with E-state index in [2.05, 4.69) is 36.7 Å². The minimum Gasteiger partial charge on any atom is -0.460 e. The third kappa shape index (κ3) is 6.39. The van der Waals surface area contributed by atoms with Gasteiger partial charge in [-0.3, -0.25) is 4.79 Å². The Kier molecular flexibility index (Phi) is 8.71. The SMILES string of the molecule is CC1CCC(C(C)C)C(OC(=O)COC(=O)CSc2ccc(Br)c3cccc(Cl)c23)C1. The highest BCUT2D eigenvalue weighted by molar-refractivity contribution is 9.10. The highest BCUT2D eigenvalue weighted by Gasteiger charge is 2.33. The number of carbonyl (C=O) groups is 2. The Morgan fingerprint density at radius 3 is 2.71 bits per heavy atom. The van der Waals surface area contributed by atoms with Gasteiger partial charge in [0, 0.05) is 19.8 Å². The number of benzene rings is 2. The Hall–Kier alpha value is -1.24. The van der Waals surface area contributed by atoms with Crippen LogP contribution in [0.1, 0.15) is 40.0 Å². The van der Waals surface area contributed by atoms with Gasteiger partial charge in [-0.2, -0.15) is 0 Å². The first kappa shape index (κ1) is 24.4. The number of esters is 2. The summed E-state index contributed by atoms with van der Waals surface area (Å²) >= 11 is 11.3. The molecule has 168 valence electrons. The van der Waals surface area contributed by atoms with E-state index in [9.17, 15) is 9.59 Å². The first-order chi connectivity index (χ1) is 14.8. The second-order valence-electron chi connectivity index (χ2n) is 8.51. The second-order valence-corrected chi connectivity index (χ2v) is 10.8. The van der Waals surface area contributed by atoms with Crippen molar-refractivity contribution < 1.29 is 19.1 Å². The molecule has 0 radical (unpaired) electrons. The minimum absolute atomic E-state index is 0.0876. The van der Waals surface area contributed by atoms with Crippen LogP contribution < -0.4 is 0 Å². The standard InChI is InChI=1S/C24H28BrClO4S/c1-14(2)16-8-7-15(3)11-20(16)30-22(27)12-29-23(28)13-31-21-10-9-18(25)17-5-4-6-19(26)24(17)21/h4-6,9-10,14-16,20H,7-8,11-13H2,1-3H3. The first-order valence-electron chi connectivity index (χ1n) is 10.6. The van der Waals surface area contributed by atoms with Gasteiger partial charge in [0.2, 0.25) is 0 Å². The van der Waals surface area contributed by atoms with Crippen molar-refractivity contribution in [2.75, 3.05) is 12.4 Å². The van der Waals surface area contributed by atoms with Crippen LogP contribution in [0.4, 0.5) is 0 Å². The average Bonchev–Trinajstić information content (AvgIpc) is 2.72. The summed E-state index contributed by atoms with van der Waals surface area (Å²) < 4.78 is 11.8. The Morgan fingerprint density at radius 2 is 1.97 bits per heavy atom. The fourth-order valence-corrected chi connectivity index (χ4v) is 5.87. The summed E-state index contributed by atoms with van der Waals surface area (Å²) in [6.45, 7) is 6.16. The van der Waals surface area contributed by atoms with Crippen LogP contribution in [-0.2, 0) is 19.1 Å². The zero-order valence-electron chi connectivity index (χ0n) is 18.0. The Bertz CT molecular complexity index is 949. The lowest BCUT2D eigenvalue weighted by Crippen LogP contribution is -2.36. The van der Waals surface area contributed by atoms with E-state index in [0.717, 1.165) is 39.4 Å². The molecule has 1 aliphatic carbocycles. The van der Waals surface area contributed by atoms with Crippen LogP contribution in [0.25, 0.3) is 10.8 Å². The molecule has 1 fully saturated rings. The monoisotopic (exact) mass is 526 g/mol. The maximum absolute atomic E-state index is 12.3. The molecule has 31 heavy (non-hydrogen) atoms. The lowest BCUT2D eigenvalue weighted by Gasteiger charge is -2.36. The third-order valence-corrected chi connectivity index (χ3v) is 7.88. The molecule has 1 aliphatic rings. The maximum Gasteiger partial charge on any atom is 0.344 e. The van der Waals surface area contributed by atoms with E-state index in [1.165, 1.54) is 11.8 Å². The predicted octanol–water partition coefficient (Wildman–Crippen LogP) is 6.90. The normalized spacial score (nSPS) is 21.3. The molecule has 2 aromatic rings. The van der Waals surface area contributed by atoms with Crippen molar-refractivity contribution >= 4 is 62.0 Å². The molecule has 3 unspecified atom stereocenters. The van der Waals surface area contributed by atoms with Gasteiger partial charge in [0.1, 0.15) is 6.10 Å². The van der Waals surface area contributed by atoms with Crippen molar-refractivity contribution in [2.45, 2.75) is 51.0 Å². The largest absolute Gasteiger partial charge is 0.460 e. The molecule has 0 saturated heterocycles. The molecule has 2 aromatic carbocycles. The van der Waals surface area contributed by atoms with E-state index in [-0.39, 0.29) is 18.5 Å². The first-order valence-corrected chi connectivity index (χ1v) is 12.8. The summed E-state index contributed by atoms with van der Waals surface area (Å²) in [5.74, 6) is 0.519. The molecular weight excluding hydrogens is 500 g/mol. The number of carbonyl (C=O) groups excluding carboxylic acids is 2. The van der Waals surface area contributed by atoms with Crippen LogP contribution in [0.15, 0.2) is 39.7 Å². The van der Waals surface area contributed by atoms with Gasteiger partial charge in [0.05, 0.1) is 5.75 Å². The van der Waals surface area contributed by atoms with Crippen molar-refractivity contribution in [3.05, 3.63) is 39.8 Å². The second kappa shape index (κ2) is 11.1. The lowest BCUT2D eigenvalue weighted by molar-refractivity contribution is -0.166. The van der Waals surface area contributed by atoms with Crippen molar-refractivity contribution in [3.8, 4) is 0 Å². The molecule has 0 N–H and O–H groups in total. The topological polar surface area (TPSA) is 52.6 Å². The molecular formula is C24H28BrClO4S. The molecule has 0 amide bonds. The Labute approximate surface area is 201 Å². The number of hydrogen-bond donors (Lipinski definition) is 0. The highest BCUT2D eigenvalue weighted by atomic mass is 79.9. The van der Waals surface area contributed by atoms with E-state index in [4.69, 9.17) is 21.1 Å². The van der Waals surface area contributed by atoms with Crippen molar-refractivity contribution in [3.63, 3.8) is 0 Å². The van der Waals surface area contributed by atoms with Gasteiger partial charge in [-0.05, 0) is 54.2 Å². The van der Waals surface area contributed by atoms with Crippen LogP contribution >= 0.6 is 39.3 Å². The Morgan fingerprint density at radius 1 is 1.19 bits per heavy atom. The number of rotatable bonds is 7. The molecule has 0 bridgehead atoms. The van der Waals surface area contributed by atoms with Crippen molar-refractivity contribution in [1.82, 2.24) is 0 Å². The smallest absolute Gasteiger partial charge is 0.344 e. The third-order valence-electron chi connectivity index (χ3n) is 5.84. The van der Waals surface area contributed by atoms with Crippen LogP contribution in [-0.4, -0.2) is 30.4 Å². The van der Waals surface area contributed by atoms with Gasteiger partial charge in [-0.25, -0.2) is 4.79 Å². The summed E-state index contributed by atoms with van der Waals surface area (Å²) in [7, 11) is 0. The van der Waals surface area contributed by atoms with Gasteiger partial charge >= 0.3 is 11.9 Å².